The molecular weight excluding hydrogens is 390 g/mol. The molecule has 0 bridgehead atoms. The smallest absolute Gasteiger partial charge is 0.225 e. The van der Waals surface area contributed by atoms with Gasteiger partial charge in [0.1, 0.15) is 0 Å². The molecule has 3 heterocycles. The van der Waals surface area contributed by atoms with Crippen LogP contribution in [0.25, 0.3) is 11.3 Å². The molecule has 0 unspecified atom stereocenters. The zero-order valence-corrected chi connectivity index (χ0v) is 17.2. The molecule has 0 saturated carbocycles. The van der Waals surface area contributed by atoms with Crippen molar-refractivity contribution in [1.29, 1.82) is 0 Å². The van der Waals surface area contributed by atoms with Crippen LogP contribution in [0.2, 0.25) is 5.02 Å². The van der Waals surface area contributed by atoms with E-state index in [0.29, 0.717) is 42.6 Å². The van der Waals surface area contributed by atoms with E-state index in [1.54, 1.807) is 18.3 Å². The Morgan fingerprint density at radius 1 is 1.03 bits per heavy atom. The summed E-state index contributed by atoms with van der Waals surface area (Å²) in [5.41, 5.74) is 0.907. The number of likely N-dealkylation sites (tertiary alicyclic amines) is 2. The molecule has 0 spiro atoms. The highest BCUT2D eigenvalue weighted by atomic mass is 35.5. The molecule has 4 rings (SSSR count). The summed E-state index contributed by atoms with van der Waals surface area (Å²) >= 11 is 5.91. The van der Waals surface area contributed by atoms with Crippen molar-refractivity contribution < 1.29 is 14.0 Å². The first-order valence-corrected chi connectivity index (χ1v) is 10.7. The zero-order valence-electron chi connectivity index (χ0n) is 16.5. The fourth-order valence-corrected chi connectivity index (χ4v) is 4.24. The Bertz CT molecular complexity index is 850. The molecule has 2 fully saturated rings. The van der Waals surface area contributed by atoms with Crippen molar-refractivity contribution in [3.8, 4) is 11.3 Å². The third-order valence-corrected chi connectivity index (χ3v) is 6.10. The van der Waals surface area contributed by atoms with Crippen molar-refractivity contribution in [2.45, 2.75) is 38.5 Å². The fraction of sp³-hybridized carbons (Fsp3) is 0.500. The number of carbonyl (C=O) groups is 2. The van der Waals surface area contributed by atoms with E-state index in [1.165, 1.54) is 0 Å². The Kier molecular flexibility index (Phi) is 6.19. The molecular formula is C22H26ClN3O3. The predicted octanol–water partition coefficient (Wildman–Crippen LogP) is 3.79. The maximum atomic E-state index is 12.6. The summed E-state index contributed by atoms with van der Waals surface area (Å²) in [6, 6.07) is 7.37. The van der Waals surface area contributed by atoms with Gasteiger partial charge in [0, 0.05) is 55.5 Å². The number of nitrogens with zero attached hydrogens (tertiary/aromatic N) is 3. The summed E-state index contributed by atoms with van der Waals surface area (Å²) < 4.78 is 5.78. The number of halogens is 1. The number of oxazole rings is 1. The number of benzene rings is 1. The van der Waals surface area contributed by atoms with Gasteiger partial charge in [-0.25, -0.2) is 4.98 Å². The number of aromatic nitrogens is 1. The number of rotatable bonds is 5. The molecule has 154 valence electrons. The van der Waals surface area contributed by atoms with Gasteiger partial charge in [0.05, 0.1) is 6.20 Å². The van der Waals surface area contributed by atoms with Crippen molar-refractivity contribution in [2.24, 2.45) is 5.92 Å². The highest BCUT2D eigenvalue weighted by molar-refractivity contribution is 6.30. The van der Waals surface area contributed by atoms with Crippen LogP contribution in [0.15, 0.2) is 34.9 Å². The monoisotopic (exact) mass is 415 g/mol. The van der Waals surface area contributed by atoms with E-state index in [9.17, 15) is 9.59 Å². The van der Waals surface area contributed by atoms with Crippen molar-refractivity contribution in [3.63, 3.8) is 0 Å². The summed E-state index contributed by atoms with van der Waals surface area (Å²) in [5.74, 6) is 1.69. The van der Waals surface area contributed by atoms with E-state index in [1.807, 2.05) is 21.9 Å². The zero-order chi connectivity index (χ0) is 20.2. The van der Waals surface area contributed by atoms with E-state index in [0.717, 1.165) is 44.3 Å². The third-order valence-electron chi connectivity index (χ3n) is 5.85. The highest BCUT2D eigenvalue weighted by Gasteiger charge is 2.31. The van der Waals surface area contributed by atoms with Gasteiger partial charge in [0.15, 0.2) is 11.7 Å². The first-order chi connectivity index (χ1) is 14.1. The van der Waals surface area contributed by atoms with Gasteiger partial charge >= 0.3 is 0 Å². The van der Waals surface area contributed by atoms with Gasteiger partial charge in [-0.15, -0.1) is 0 Å². The van der Waals surface area contributed by atoms with E-state index < -0.39 is 0 Å². The molecule has 2 aromatic rings. The first kappa shape index (κ1) is 20.0. The van der Waals surface area contributed by atoms with Gasteiger partial charge in [-0.3, -0.25) is 9.59 Å². The fourth-order valence-electron chi connectivity index (χ4n) is 4.12. The van der Waals surface area contributed by atoms with Crippen molar-refractivity contribution >= 4 is 23.4 Å². The molecule has 2 amide bonds. The Hall–Kier alpha value is -2.34. The minimum atomic E-state index is 0.0748. The number of carbonyl (C=O) groups excluding carboxylic acids is 2. The lowest BCUT2D eigenvalue weighted by Crippen LogP contribution is -2.43. The number of hydrogen-bond donors (Lipinski definition) is 0. The van der Waals surface area contributed by atoms with Gasteiger partial charge in [0.25, 0.3) is 0 Å². The van der Waals surface area contributed by atoms with Crippen molar-refractivity contribution in [3.05, 3.63) is 41.4 Å². The van der Waals surface area contributed by atoms with E-state index in [-0.39, 0.29) is 17.7 Å². The average Bonchev–Trinajstić information content (AvgIpc) is 3.44. The van der Waals surface area contributed by atoms with Gasteiger partial charge in [0.2, 0.25) is 11.8 Å². The van der Waals surface area contributed by atoms with Crippen LogP contribution in [-0.2, 0) is 16.0 Å². The normalized spacial score (nSPS) is 17.7. The highest BCUT2D eigenvalue weighted by Crippen LogP contribution is 2.24. The minimum absolute atomic E-state index is 0.0748. The van der Waals surface area contributed by atoms with Gasteiger partial charge in [-0.05, 0) is 49.9 Å². The third kappa shape index (κ3) is 4.81. The Morgan fingerprint density at radius 3 is 2.41 bits per heavy atom. The summed E-state index contributed by atoms with van der Waals surface area (Å²) in [5, 5.41) is 0.671. The lowest BCUT2D eigenvalue weighted by molar-refractivity contribution is -0.140. The Morgan fingerprint density at radius 2 is 1.72 bits per heavy atom. The van der Waals surface area contributed by atoms with E-state index in [4.69, 9.17) is 16.0 Å². The molecule has 2 aliphatic rings. The summed E-state index contributed by atoms with van der Waals surface area (Å²) in [7, 11) is 0. The summed E-state index contributed by atoms with van der Waals surface area (Å²) in [4.78, 5) is 33.2. The molecule has 29 heavy (non-hydrogen) atoms. The topological polar surface area (TPSA) is 66.7 Å². The second kappa shape index (κ2) is 8.99. The van der Waals surface area contributed by atoms with Crippen molar-refractivity contribution in [1.82, 2.24) is 14.8 Å². The summed E-state index contributed by atoms with van der Waals surface area (Å²) in [6.45, 7) is 3.10. The summed E-state index contributed by atoms with van der Waals surface area (Å²) in [6.07, 6.45) is 6.28. The number of hydrogen-bond acceptors (Lipinski definition) is 4. The lowest BCUT2D eigenvalue weighted by atomic mass is 9.95. The molecule has 0 radical (unpaired) electrons. The molecule has 2 saturated heterocycles. The quantitative estimate of drug-likeness (QED) is 0.745. The first-order valence-electron chi connectivity index (χ1n) is 10.4. The second-order valence-corrected chi connectivity index (χ2v) is 8.25. The number of aryl methyl sites for hydroxylation is 1. The van der Waals surface area contributed by atoms with Gasteiger partial charge in [-0.1, -0.05) is 11.6 Å². The van der Waals surface area contributed by atoms with Crippen molar-refractivity contribution in [2.75, 3.05) is 26.2 Å². The SMILES string of the molecule is O=C(CCc1ncc(-c2ccc(Cl)cc2)o1)N1CCC(C(=O)N2CCCC2)CC1. The molecule has 2 aliphatic heterocycles. The predicted molar refractivity (Wildman–Crippen MR) is 110 cm³/mol. The second-order valence-electron chi connectivity index (χ2n) is 7.81. The molecule has 0 aliphatic carbocycles. The molecule has 1 aromatic carbocycles. The maximum absolute atomic E-state index is 12.6. The van der Waals surface area contributed by atoms with Gasteiger partial charge < -0.3 is 14.2 Å². The molecule has 7 heteroatoms. The average molecular weight is 416 g/mol. The molecule has 0 N–H and O–H groups in total. The molecule has 1 aromatic heterocycles. The maximum Gasteiger partial charge on any atom is 0.225 e. The van der Waals surface area contributed by atoms with Crippen LogP contribution < -0.4 is 0 Å². The number of piperidine rings is 1. The van der Waals surface area contributed by atoms with Crippen LogP contribution in [0.4, 0.5) is 0 Å². The number of amides is 2. The van der Waals surface area contributed by atoms with E-state index >= 15 is 0 Å². The molecule has 6 nitrogen and oxygen atoms in total. The van der Waals surface area contributed by atoms with Crippen LogP contribution in [0.1, 0.15) is 38.0 Å². The van der Waals surface area contributed by atoms with Crippen LogP contribution in [0, 0.1) is 5.92 Å². The minimum Gasteiger partial charge on any atom is -0.441 e. The largest absolute Gasteiger partial charge is 0.441 e. The standard InChI is InChI=1S/C22H26ClN3O3/c23-18-5-3-16(4-6-18)19-15-24-20(29-19)7-8-21(27)25-13-9-17(10-14-25)22(28)26-11-1-2-12-26/h3-6,15,17H,1-2,7-14H2. The lowest BCUT2D eigenvalue weighted by Gasteiger charge is -2.33. The van der Waals surface area contributed by atoms with Crippen LogP contribution in [-0.4, -0.2) is 52.8 Å². The molecule has 0 atom stereocenters. The van der Waals surface area contributed by atoms with Crippen LogP contribution in [0.3, 0.4) is 0 Å². The Balaban J connectivity index is 1.24. The van der Waals surface area contributed by atoms with Gasteiger partial charge in [-0.2, -0.15) is 0 Å². The van der Waals surface area contributed by atoms with Crippen LogP contribution in [0.5, 0.6) is 0 Å². The van der Waals surface area contributed by atoms with Crippen LogP contribution >= 0.6 is 11.6 Å². The Labute approximate surface area is 175 Å². The van der Waals surface area contributed by atoms with E-state index in [2.05, 4.69) is 4.98 Å².